The summed E-state index contributed by atoms with van der Waals surface area (Å²) in [5, 5.41) is 2.10. The summed E-state index contributed by atoms with van der Waals surface area (Å²) >= 11 is 6.58. The van der Waals surface area contributed by atoms with Crippen molar-refractivity contribution >= 4 is 33.5 Å². The Morgan fingerprint density at radius 2 is 1.76 bits per heavy atom. The molecule has 0 saturated heterocycles. The number of hydrogen-bond donors (Lipinski definition) is 1. The maximum absolute atomic E-state index is 12.4. The molecule has 29 heavy (non-hydrogen) atoms. The molecule has 0 amide bonds. The Morgan fingerprint density at radius 1 is 0.931 bits per heavy atom. The Hall–Kier alpha value is -3.50. The maximum Gasteiger partial charge on any atom is 0.191 e. The second-order valence-corrected chi connectivity index (χ2v) is 7.38. The van der Waals surface area contributed by atoms with Crippen LogP contribution in [-0.2, 0) is 0 Å². The van der Waals surface area contributed by atoms with Crippen molar-refractivity contribution < 1.29 is 0 Å². The summed E-state index contributed by atoms with van der Waals surface area (Å²) in [6.07, 6.45) is 3.38. The molecule has 0 unspecified atom stereocenters. The molecule has 3 heterocycles. The van der Waals surface area contributed by atoms with Gasteiger partial charge in [0.25, 0.3) is 0 Å². The lowest BCUT2D eigenvalue weighted by atomic mass is 9.96. The fourth-order valence-electron chi connectivity index (χ4n) is 3.63. The Bertz CT molecular complexity index is 1440. The summed E-state index contributed by atoms with van der Waals surface area (Å²) < 4.78 is 0. The van der Waals surface area contributed by atoms with Gasteiger partial charge in [-0.2, -0.15) is 0 Å². The van der Waals surface area contributed by atoms with Gasteiger partial charge >= 0.3 is 0 Å². The first-order valence-electron chi connectivity index (χ1n) is 9.25. The van der Waals surface area contributed by atoms with Crippen LogP contribution in [0.25, 0.3) is 44.3 Å². The zero-order chi connectivity index (χ0) is 20.0. The summed E-state index contributed by atoms with van der Waals surface area (Å²) in [4.78, 5) is 24.7. The molecule has 5 aromatic rings. The second kappa shape index (κ2) is 6.83. The molecule has 0 atom stereocenters. The predicted octanol–water partition coefficient (Wildman–Crippen LogP) is 5.77. The average Bonchev–Trinajstić information content (AvgIpc) is 2.74. The van der Waals surface area contributed by atoms with Crippen molar-refractivity contribution in [2.75, 3.05) is 0 Å². The zero-order valence-corrected chi connectivity index (χ0v) is 16.4. The Kier molecular flexibility index (Phi) is 4.14. The van der Waals surface area contributed by atoms with Gasteiger partial charge in [0.1, 0.15) is 5.65 Å². The Labute approximate surface area is 171 Å². The number of H-pyrrole nitrogens is 1. The smallest absolute Gasteiger partial charge is 0.191 e. The van der Waals surface area contributed by atoms with E-state index in [4.69, 9.17) is 16.6 Å². The SMILES string of the molecule is Cc1ccnc2c(Cl)cc(-c3cc4c(=O)cc[nH]c4nc3-c3ccccc3)cc12. The Morgan fingerprint density at radius 3 is 2.59 bits per heavy atom. The number of nitrogens with zero attached hydrogens (tertiary/aromatic N) is 2. The van der Waals surface area contributed by atoms with Crippen molar-refractivity contribution in [1.82, 2.24) is 15.0 Å². The van der Waals surface area contributed by atoms with E-state index < -0.39 is 0 Å². The number of aryl methyl sites for hydroxylation is 1. The maximum atomic E-state index is 12.4. The van der Waals surface area contributed by atoms with E-state index in [9.17, 15) is 4.79 Å². The monoisotopic (exact) mass is 397 g/mol. The third-order valence-electron chi connectivity index (χ3n) is 5.12. The summed E-state index contributed by atoms with van der Waals surface area (Å²) in [5.74, 6) is 0. The molecule has 5 heteroatoms. The fraction of sp³-hybridized carbons (Fsp3) is 0.0417. The van der Waals surface area contributed by atoms with Crippen LogP contribution in [0, 0.1) is 6.92 Å². The van der Waals surface area contributed by atoms with Crippen LogP contribution < -0.4 is 5.43 Å². The molecule has 0 aliphatic carbocycles. The lowest BCUT2D eigenvalue weighted by molar-refractivity contribution is 1.28. The van der Waals surface area contributed by atoms with Crippen molar-refractivity contribution in [2.24, 2.45) is 0 Å². The molecule has 1 N–H and O–H groups in total. The van der Waals surface area contributed by atoms with E-state index >= 15 is 0 Å². The molecular formula is C24H16ClN3O. The second-order valence-electron chi connectivity index (χ2n) is 6.97. The number of rotatable bonds is 2. The minimum Gasteiger partial charge on any atom is -0.346 e. The summed E-state index contributed by atoms with van der Waals surface area (Å²) in [7, 11) is 0. The number of halogens is 1. The van der Waals surface area contributed by atoms with Gasteiger partial charge in [0.2, 0.25) is 0 Å². The van der Waals surface area contributed by atoms with Crippen LogP contribution in [0.15, 0.2) is 77.9 Å². The standard InChI is InChI=1S/C24H16ClN3O/c1-14-7-9-26-23-17(14)11-16(12-20(23)25)18-13-19-21(29)8-10-27-24(19)28-22(18)15-5-3-2-4-6-15/h2-13H,1H3,(H,27,28,29). The third kappa shape index (κ3) is 2.98. The van der Waals surface area contributed by atoms with Crippen molar-refractivity contribution in [3.63, 3.8) is 0 Å². The third-order valence-corrected chi connectivity index (χ3v) is 5.41. The number of pyridine rings is 3. The number of hydrogen-bond acceptors (Lipinski definition) is 3. The van der Waals surface area contributed by atoms with Crippen LogP contribution >= 0.6 is 11.6 Å². The van der Waals surface area contributed by atoms with Crippen LogP contribution in [0.5, 0.6) is 0 Å². The molecular weight excluding hydrogens is 382 g/mol. The highest BCUT2D eigenvalue weighted by atomic mass is 35.5. The Balaban J connectivity index is 1.89. The highest BCUT2D eigenvalue weighted by Crippen LogP contribution is 2.36. The van der Waals surface area contributed by atoms with Crippen LogP contribution in [0.1, 0.15) is 5.56 Å². The molecule has 5 rings (SSSR count). The highest BCUT2D eigenvalue weighted by molar-refractivity contribution is 6.35. The molecule has 2 aromatic carbocycles. The van der Waals surface area contributed by atoms with E-state index in [1.54, 1.807) is 12.4 Å². The van der Waals surface area contributed by atoms with E-state index in [1.165, 1.54) is 6.07 Å². The van der Waals surface area contributed by atoms with E-state index in [0.29, 0.717) is 16.1 Å². The summed E-state index contributed by atoms with van der Waals surface area (Å²) in [5.41, 5.74) is 5.85. The molecule has 0 aliphatic heterocycles. The van der Waals surface area contributed by atoms with Gasteiger partial charge in [0.05, 0.1) is 21.6 Å². The van der Waals surface area contributed by atoms with E-state index in [0.717, 1.165) is 38.9 Å². The van der Waals surface area contributed by atoms with Crippen molar-refractivity contribution in [2.45, 2.75) is 6.92 Å². The van der Waals surface area contributed by atoms with Gasteiger partial charge in [0, 0.05) is 35.0 Å². The summed E-state index contributed by atoms with van der Waals surface area (Å²) in [6, 6.07) is 19.3. The number of benzene rings is 2. The molecule has 0 spiro atoms. The van der Waals surface area contributed by atoms with Crippen LogP contribution in [0.4, 0.5) is 0 Å². The average molecular weight is 398 g/mol. The molecule has 3 aromatic heterocycles. The normalized spacial score (nSPS) is 11.2. The number of aromatic amines is 1. The zero-order valence-electron chi connectivity index (χ0n) is 15.6. The van der Waals surface area contributed by atoms with Gasteiger partial charge in [-0.1, -0.05) is 41.9 Å². The molecule has 140 valence electrons. The molecule has 0 bridgehead atoms. The largest absolute Gasteiger partial charge is 0.346 e. The van der Waals surface area contributed by atoms with Crippen LogP contribution in [0.3, 0.4) is 0 Å². The van der Waals surface area contributed by atoms with Crippen molar-refractivity contribution in [3.8, 4) is 22.4 Å². The van der Waals surface area contributed by atoms with Crippen LogP contribution in [-0.4, -0.2) is 15.0 Å². The van der Waals surface area contributed by atoms with Gasteiger partial charge < -0.3 is 4.98 Å². The lowest BCUT2D eigenvalue weighted by Crippen LogP contribution is -2.03. The first kappa shape index (κ1) is 17.6. The molecule has 0 saturated carbocycles. The summed E-state index contributed by atoms with van der Waals surface area (Å²) in [6.45, 7) is 2.03. The molecule has 4 nitrogen and oxygen atoms in total. The van der Waals surface area contributed by atoms with Crippen LogP contribution in [0.2, 0.25) is 5.02 Å². The first-order valence-corrected chi connectivity index (χ1v) is 9.63. The first-order chi connectivity index (χ1) is 14.1. The fourth-order valence-corrected chi connectivity index (χ4v) is 3.90. The topological polar surface area (TPSA) is 58.6 Å². The van der Waals surface area contributed by atoms with E-state index in [-0.39, 0.29) is 5.43 Å². The van der Waals surface area contributed by atoms with Crippen molar-refractivity contribution in [1.29, 1.82) is 0 Å². The lowest BCUT2D eigenvalue weighted by Gasteiger charge is -2.13. The quantitative estimate of drug-likeness (QED) is 0.411. The number of nitrogens with one attached hydrogen (secondary N) is 1. The van der Waals surface area contributed by atoms with E-state index in [2.05, 4.69) is 16.0 Å². The van der Waals surface area contributed by atoms with Gasteiger partial charge in [0.15, 0.2) is 5.43 Å². The molecule has 0 aliphatic rings. The molecule has 0 fully saturated rings. The predicted molar refractivity (Wildman–Crippen MR) is 118 cm³/mol. The minimum absolute atomic E-state index is 0.0724. The number of fused-ring (bicyclic) bond motifs is 2. The number of aromatic nitrogens is 3. The van der Waals surface area contributed by atoms with Gasteiger partial charge in [-0.3, -0.25) is 9.78 Å². The van der Waals surface area contributed by atoms with Gasteiger partial charge in [-0.15, -0.1) is 0 Å². The van der Waals surface area contributed by atoms with Gasteiger partial charge in [-0.25, -0.2) is 4.98 Å². The van der Waals surface area contributed by atoms with Crippen molar-refractivity contribution in [3.05, 3.63) is 93.9 Å². The highest BCUT2D eigenvalue weighted by Gasteiger charge is 2.15. The molecule has 0 radical (unpaired) electrons. The minimum atomic E-state index is -0.0724. The van der Waals surface area contributed by atoms with Gasteiger partial charge in [-0.05, 0) is 42.3 Å². The van der Waals surface area contributed by atoms with E-state index in [1.807, 2.05) is 55.5 Å².